The van der Waals surface area contributed by atoms with Crippen LogP contribution in [0.1, 0.15) is 41.6 Å². The Kier molecular flexibility index (Phi) is 10.6. The van der Waals surface area contributed by atoms with Gasteiger partial charge in [0.15, 0.2) is 5.96 Å². The highest BCUT2D eigenvalue weighted by Crippen LogP contribution is 2.17. The number of guanidine groups is 1. The van der Waals surface area contributed by atoms with Crippen molar-refractivity contribution in [1.82, 2.24) is 20.9 Å². The Labute approximate surface area is 174 Å². The fourth-order valence-electron chi connectivity index (χ4n) is 2.96. The van der Waals surface area contributed by atoms with Crippen LogP contribution in [0.3, 0.4) is 0 Å². The number of carbonyl (C=O) groups is 1. The number of benzene rings is 1. The standard InChI is InChI=1S/C19H31N5O.HI/c1-20-19(23-17-9-4-5-10-17)22-14-15-7-6-8-16(13-15)18(25)21-11-12-24(2)3;/h6-8,13,17H,4-5,9-12,14H2,1-3H3,(H,21,25)(H2,20,22,23);1H. The van der Waals surface area contributed by atoms with E-state index in [1.165, 1.54) is 25.7 Å². The molecule has 0 bridgehead atoms. The molecule has 7 heteroatoms. The lowest BCUT2D eigenvalue weighted by molar-refractivity contribution is 0.0951. The molecular weight excluding hydrogens is 441 g/mol. The average Bonchev–Trinajstić information content (AvgIpc) is 3.11. The molecule has 0 heterocycles. The monoisotopic (exact) mass is 473 g/mol. The summed E-state index contributed by atoms with van der Waals surface area (Å²) >= 11 is 0. The molecule has 0 unspecified atom stereocenters. The van der Waals surface area contributed by atoms with Crippen molar-refractivity contribution in [1.29, 1.82) is 0 Å². The summed E-state index contributed by atoms with van der Waals surface area (Å²) < 4.78 is 0. The minimum atomic E-state index is -0.0304. The van der Waals surface area contributed by atoms with Gasteiger partial charge in [0.05, 0.1) is 0 Å². The molecule has 26 heavy (non-hydrogen) atoms. The first-order valence-electron chi connectivity index (χ1n) is 9.07. The highest BCUT2D eigenvalue weighted by Gasteiger charge is 2.15. The van der Waals surface area contributed by atoms with Crippen molar-refractivity contribution in [3.8, 4) is 0 Å². The molecule has 0 spiro atoms. The summed E-state index contributed by atoms with van der Waals surface area (Å²) in [4.78, 5) is 18.6. The lowest BCUT2D eigenvalue weighted by Crippen LogP contribution is -2.41. The van der Waals surface area contributed by atoms with Crippen molar-refractivity contribution >= 4 is 35.8 Å². The van der Waals surface area contributed by atoms with Gasteiger partial charge < -0.3 is 20.9 Å². The van der Waals surface area contributed by atoms with Crippen molar-refractivity contribution in [2.75, 3.05) is 34.2 Å². The van der Waals surface area contributed by atoms with Gasteiger partial charge >= 0.3 is 0 Å². The maximum Gasteiger partial charge on any atom is 0.251 e. The van der Waals surface area contributed by atoms with Crippen LogP contribution >= 0.6 is 24.0 Å². The first-order chi connectivity index (χ1) is 12.1. The molecule has 1 fully saturated rings. The molecule has 3 N–H and O–H groups in total. The maximum atomic E-state index is 12.2. The Morgan fingerprint density at radius 3 is 2.62 bits per heavy atom. The molecule has 6 nitrogen and oxygen atoms in total. The van der Waals surface area contributed by atoms with Gasteiger partial charge in [-0.25, -0.2) is 0 Å². The number of amides is 1. The fraction of sp³-hybridized carbons (Fsp3) is 0.579. The molecule has 1 aromatic rings. The van der Waals surface area contributed by atoms with Gasteiger partial charge in [0, 0.05) is 38.3 Å². The van der Waals surface area contributed by atoms with Crippen LogP contribution in [0.4, 0.5) is 0 Å². The molecule has 0 radical (unpaired) electrons. The molecule has 1 aliphatic rings. The predicted octanol–water partition coefficient (Wildman–Crippen LogP) is 2.20. The summed E-state index contributed by atoms with van der Waals surface area (Å²) in [6.07, 6.45) is 5.01. The molecule has 0 aromatic heterocycles. The molecule has 146 valence electrons. The lowest BCUT2D eigenvalue weighted by atomic mass is 10.1. The predicted molar refractivity (Wildman–Crippen MR) is 118 cm³/mol. The zero-order valence-electron chi connectivity index (χ0n) is 16.0. The molecule has 1 aromatic carbocycles. The normalized spacial score (nSPS) is 14.8. The van der Waals surface area contributed by atoms with Crippen molar-refractivity contribution in [3.05, 3.63) is 35.4 Å². The van der Waals surface area contributed by atoms with Crippen LogP contribution in [0.15, 0.2) is 29.3 Å². The molecule has 2 rings (SSSR count). The van der Waals surface area contributed by atoms with E-state index < -0.39 is 0 Å². The van der Waals surface area contributed by atoms with E-state index in [2.05, 4.69) is 20.9 Å². The largest absolute Gasteiger partial charge is 0.354 e. The highest BCUT2D eigenvalue weighted by molar-refractivity contribution is 14.0. The van der Waals surface area contributed by atoms with Gasteiger partial charge in [-0.2, -0.15) is 0 Å². The molecule has 1 aliphatic carbocycles. The Hall–Kier alpha value is -1.35. The number of likely N-dealkylation sites (N-methyl/N-ethyl adjacent to an activating group) is 1. The third-order valence-electron chi connectivity index (χ3n) is 4.41. The van der Waals surface area contributed by atoms with Crippen LogP contribution < -0.4 is 16.0 Å². The number of rotatable bonds is 7. The number of aliphatic imine (C=N–C) groups is 1. The quantitative estimate of drug-likeness (QED) is 0.323. The van der Waals surface area contributed by atoms with Crippen LogP contribution in [0.25, 0.3) is 0 Å². The molecule has 0 atom stereocenters. The van der Waals surface area contributed by atoms with E-state index in [9.17, 15) is 4.79 Å². The summed E-state index contributed by atoms with van der Waals surface area (Å²) in [5.41, 5.74) is 1.76. The minimum Gasteiger partial charge on any atom is -0.354 e. The van der Waals surface area contributed by atoms with Gasteiger partial charge in [-0.05, 0) is 44.6 Å². The van der Waals surface area contributed by atoms with Crippen molar-refractivity contribution in [2.24, 2.45) is 4.99 Å². The van der Waals surface area contributed by atoms with Gasteiger partial charge in [0.2, 0.25) is 0 Å². The third-order valence-corrected chi connectivity index (χ3v) is 4.41. The lowest BCUT2D eigenvalue weighted by Gasteiger charge is -2.17. The number of nitrogens with one attached hydrogen (secondary N) is 3. The molecule has 1 amide bonds. The number of hydrogen-bond acceptors (Lipinski definition) is 3. The molecular formula is C19H32IN5O. The van der Waals surface area contributed by atoms with Gasteiger partial charge in [-0.1, -0.05) is 25.0 Å². The van der Waals surface area contributed by atoms with E-state index in [-0.39, 0.29) is 29.9 Å². The van der Waals surface area contributed by atoms with E-state index in [1.807, 2.05) is 43.3 Å². The van der Waals surface area contributed by atoms with Crippen molar-refractivity contribution < 1.29 is 4.79 Å². The van der Waals surface area contributed by atoms with Crippen LogP contribution in [-0.2, 0) is 6.54 Å². The second-order valence-electron chi connectivity index (χ2n) is 6.81. The van der Waals surface area contributed by atoms with Crippen molar-refractivity contribution in [3.63, 3.8) is 0 Å². The minimum absolute atomic E-state index is 0. The second-order valence-corrected chi connectivity index (χ2v) is 6.81. The van der Waals surface area contributed by atoms with E-state index in [0.717, 1.165) is 18.1 Å². The number of hydrogen-bond donors (Lipinski definition) is 3. The van der Waals surface area contributed by atoms with Crippen LogP contribution in [0.2, 0.25) is 0 Å². The van der Waals surface area contributed by atoms with E-state index >= 15 is 0 Å². The second kappa shape index (κ2) is 12.1. The number of halogens is 1. The molecule has 0 aliphatic heterocycles. The Bertz CT molecular complexity index is 585. The van der Waals surface area contributed by atoms with Gasteiger partial charge in [0.1, 0.15) is 0 Å². The molecule has 1 saturated carbocycles. The Morgan fingerprint density at radius 2 is 1.96 bits per heavy atom. The van der Waals surface area contributed by atoms with Gasteiger partial charge in [0.25, 0.3) is 5.91 Å². The smallest absolute Gasteiger partial charge is 0.251 e. The topological polar surface area (TPSA) is 68.8 Å². The first kappa shape index (κ1) is 22.7. The average molecular weight is 473 g/mol. The maximum absolute atomic E-state index is 12.2. The van der Waals surface area contributed by atoms with Crippen LogP contribution in [0, 0.1) is 0 Å². The Morgan fingerprint density at radius 1 is 1.23 bits per heavy atom. The zero-order chi connectivity index (χ0) is 18.1. The fourth-order valence-corrected chi connectivity index (χ4v) is 2.96. The summed E-state index contributed by atoms with van der Waals surface area (Å²) in [7, 11) is 5.77. The molecule has 0 saturated heterocycles. The summed E-state index contributed by atoms with van der Waals surface area (Å²) in [6.45, 7) is 2.12. The highest BCUT2D eigenvalue weighted by atomic mass is 127. The van der Waals surface area contributed by atoms with E-state index in [4.69, 9.17) is 0 Å². The zero-order valence-corrected chi connectivity index (χ0v) is 18.4. The van der Waals surface area contributed by atoms with E-state index in [0.29, 0.717) is 24.7 Å². The van der Waals surface area contributed by atoms with Crippen LogP contribution in [-0.4, -0.2) is 57.0 Å². The number of carbonyl (C=O) groups excluding carboxylic acids is 1. The Balaban J connectivity index is 0.00000338. The summed E-state index contributed by atoms with van der Waals surface area (Å²) in [5, 5.41) is 9.75. The summed E-state index contributed by atoms with van der Waals surface area (Å²) in [5.74, 6) is 0.796. The first-order valence-corrected chi connectivity index (χ1v) is 9.07. The number of nitrogens with zero attached hydrogens (tertiary/aromatic N) is 2. The SMILES string of the molecule is CN=C(NCc1cccc(C(=O)NCCN(C)C)c1)NC1CCCC1.I. The van der Waals surface area contributed by atoms with E-state index in [1.54, 1.807) is 7.05 Å². The third kappa shape index (κ3) is 7.90. The van der Waals surface area contributed by atoms with Crippen LogP contribution in [0.5, 0.6) is 0 Å². The van der Waals surface area contributed by atoms with Gasteiger partial charge in [-0.15, -0.1) is 24.0 Å². The summed E-state index contributed by atoms with van der Waals surface area (Å²) in [6, 6.07) is 8.25. The van der Waals surface area contributed by atoms with Crippen molar-refractivity contribution in [2.45, 2.75) is 38.3 Å². The van der Waals surface area contributed by atoms with Gasteiger partial charge in [-0.3, -0.25) is 9.79 Å².